The molecule has 0 heterocycles. The van der Waals surface area contributed by atoms with E-state index in [1.807, 2.05) is 0 Å². The van der Waals surface area contributed by atoms with Crippen LogP contribution < -0.4 is 10.6 Å². The van der Waals surface area contributed by atoms with Gasteiger partial charge >= 0.3 is 0 Å². The van der Waals surface area contributed by atoms with Crippen molar-refractivity contribution in [1.29, 1.82) is 0 Å². The molecule has 0 bridgehead atoms. The molecule has 2 nitrogen and oxygen atoms in total. The molecule has 2 N–H and O–H groups in total. The van der Waals surface area contributed by atoms with Crippen molar-refractivity contribution in [1.82, 2.24) is 10.6 Å². The van der Waals surface area contributed by atoms with Crippen molar-refractivity contribution >= 4 is 0 Å². The molecule has 1 fully saturated rings. The first-order valence-electron chi connectivity index (χ1n) is 6.29. The van der Waals surface area contributed by atoms with Crippen molar-refractivity contribution in [2.24, 2.45) is 0 Å². The highest BCUT2D eigenvalue weighted by molar-refractivity contribution is 4.72. The molecule has 0 aromatic heterocycles. The van der Waals surface area contributed by atoms with Gasteiger partial charge in [0.25, 0.3) is 0 Å². The molecule has 1 rings (SSSR count). The van der Waals surface area contributed by atoms with Gasteiger partial charge in [0, 0.05) is 25.2 Å². The lowest BCUT2D eigenvalue weighted by Crippen LogP contribution is -2.38. The van der Waals surface area contributed by atoms with Crippen LogP contribution in [0.25, 0.3) is 0 Å². The van der Waals surface area contributed by atoms with Gasteiger partial charge < -0.3 is 10.6 Å². The van der Waals surface area contributed by atoms with Crippen molar-refractivity contribution in [2.45, 2.75) is 64.5 Å². The number of rotatable bonds is 6. The standard InChI is InChI=1S/C12H26N2/c1-3-11(2)13-9-10-14-12-7-5-4-6-8-12/h11-14H,3-10H2,1-2H3/t11-/m1/s1. The Balaban J connectivity index is 1.92. The molecule has 0 unspecified atom stereocenters. The molecule has 0 aromatic rings. The minimum Gasteiger partial charge on any atom is -0.313 e. The van der Waals surface area contributed by atoms with Crippen LogP contribution in [0.1, 0.15) is 52.4 Å². The summed E-state index contributed by atoms with van der Waals surface area (Å²) in [6.07, 6.45) is 8.31. The van der Waals surface area contributed by atoms with Gasteiger partial charge in [-0.1, -0.05) is 26.2 Å². The SMILES string of the molecule is CC[C@@H](C)NCCNC1CCCCC1. The van der Waals surface area contributed by atoms with Crippen LogP contribution >= 0.6 is 0 Å². The Kier molecular flexibility index (Phi) is 6.20. The molecule has 84 valence electrons. The van der Waals surface area contributed by atoms with Crippen LogP contribution in [0.2, 0.25) is 0 Å². The summed E-state index contributed by atoms with van der Waals surface area (Å²) in [5.41, 5.74) is 0. The first-order valence-corrected chi connectivity index (χ1v) is 6.29. The Morgan fingerprint density at radius 2 is 1.86 bits per heavy atom. The van der Waals surface area contributed by atoms with Crippen LogP contribution in [0.4, 0.5) is 0 Å². The van der Waals surface area contributed by atoms with Crippen LogP contribution in [0.5, 0.6) is 0 Å². The normalized spacial score (nSPS) is 21.0. The second kappa shape index (κ2) is 7.24. The van der Waals surface area contributed by atoms with E-state index in [9.17, 15) is 0 Å². The molecule has 0 saturated heterocycles. The summed E-state index contributed by atoms with van der Waals surface area (Å²) in [5.74, 6) is 0. The lowest BCUT2D eigenvalue weighted by atomic mass is 9.95. The zero-order valence-electron chi connectivity index (χ0n) is 9.81. The van der Waals surface area contributed by atoms with Gasteiger partial charge in [0.2, 0.25) is 0 Å². The van der Waals surface area contributed by atoms with E-state index >= 15 is 0 Å². The molecule has 0 aliphatic heterocycles. The zero-order chi connectivity index (χ0) is 10.2. The second-order valence-corrected chi connectivity index (χ2v) is 4.55. The maximum Gasteiger partial charge on any atom is 0.00794 e. The maximum absolute atomic E-state index is 3.64. The highest BCUT2D eigenvalue weighted by Crippen LogP contribution is 2.16. The smallest absolute Gasteiger partial charge is 0.00794 e. The predicted octanol–water partition coefficient (Wildman–Crippen LogP) is 2.30. The molecule has 1 aliphatic carbocycles. The Morgan fingerprint density at radius 3 is 2.50 bits per heavy atom. The molecule has 0 spiro atoms. The number of nitrogens with one attached hydrogen (secondary N) is 2. The molecule has 1 saturated carbocycles. The van der Waals surface area contributed by atoms with Crippen LogP contribution in [0.15, 0.2) is 0 Å². The topological polar surface area (TPSA) is 24.1 Å². The third-order valence-electron chi connectivity index (χ3n) is 3.27. The second-order valence-electron chi connectivity index (χ2n) is 4.55. The van der Waals surface area contributed by atoms with Crippen molar-refractivity contribution in [3.8, 4) is 0 Å². The highest BCUT2D eigenvalue weighted by Gasteiger charge is 2.11. The lowest BCUT2D eigenvalue weighted by molar-refractivity contribution is 0.369. The summed E-state index contributed by atoms with van der Waals surface area (Å²) in [4.78, 5) is 0. The fraction of sp³-hybridized carbons (Fsp3) is 1.00. The summed E-state index contributed by atoms with van der Waals surface area (Å²) in [7, 11) is 0. The summed E-state index contributed by atoms with van der Waals surface area (Å²) < 4.78 is 0. The van der Waals surface area contributed by atoms with E-state index in [0.717, 1.165) is 19.1 Å². The third-order valence-corrected chi connectivity index (χ3v) is 3.27. The molecular weight excluding hydrogens is 172 g/mol. The quantitative estimate of drug-likeness (QED) is 0.640. The first-order chi connectivity index (χ1) is 6.83. The highest BCUT2D eigenvalue weighted by atomic mass is 15.0. The summed E-state index contributed by atoms with van der Waals surface area (Å²) in [5, 5.41) is 7.15. The van der Waals surface area contributed by atoms with Gasteiger partial charge in [-0.05, 0) is 26.2 Å². The molecule has 14 heavy (non-hydrogen) atoms. The van der Waals surface area contributed by atoms with Crippen molar-refractivity contribution in [3.63, 3.8) is 0 Å². The Labute approximate surface area is 88.8 Å². The van der Waals surface area contributed by atoms with E-state index < -0.39 is 0 Å². The van der Waals surface area contributed by atoms with Crippen molar-refractivity contribution in [2.75, 3.05) is 13.1 Å². The molecule has 0 amide bonds. The fourth-order valence-electron chi connectivity index (χ4n) is 2.05. The predicted molar refractivity (Wildman–Crippen MR) is 62.6 cm³/mol. The van der Waals surface area contributed by atoms with E-state index in [1.165, 1.54) is 38.5 Å². The minimum atomic E-state index is 0.670. The minimum absolute atomic E-state index is 0.670. The average Bonchev–Trinajstić information content (AvgIpc) is 2.25. The monoisotopic (exact) mass is 198 g/mol. The summed E-state index contributed by atoms with van der Waals surface area (Å²) in [6.45, 7) is 6.73. The first kappa shape index (κ1) is 12.0. The largest absolute Gasteiger partial charge is 0.313 e. The number of hydrogen-bond donors (Lipinski definition) is 2. The summed E-state index contributed by atoms with van der Waals surface area (Å²) in [6, 6.07) is 1.48. The van der Waals surface area contributed by atoms with Gasteiger partial charge in [0.1, 0.15) is 0 Å². The molecular formula is C12H26N2. The molecule has 0 aromatic carbocycles. The number of hydrogen-bond acceptors (Lipinski definition) is 2. The zero-order valence-corrected chi connectivity index (χ0v) is 9.81. The van der Waals surface area contributed by atoms with Gasteiger partial charge in [0.15, 0.2) is 0 Å². The molecule has 0 radical (unpaired) electrons. The lowest BCUT2D eigenvalue weighted by Gasteiger charge is -2.23. The van der Waals surface area contributed by atoms with Crippen LogP contribution in [-0.4, -0.2) is 25.2 Å². The maximum atomic E-state index is 3.64. The van der Waals surface area contributed by atoms with E-state index in [4.69, 9.17) is 0 Å². The van der Waals surface area contributed by atoms with E-state index in [0.29, 0.717) is 6.04 Å². The Morgan fingerprint density at radius 1 is 1.14 bits per heavy atom. The molecule has 2 heteroatoms. The van der Waals surface area contributed by atoms with Crippen molar-refractivity contribution < 1.29 is 0 Å². The van der Waals surface area contributed by atoms with E-state index in [-0.39, 0.29) is 0 Å². The van der Waals surface area contributed by atoms with E-state index in [2.05, 4.69) is 24.5 Å². The molecule has 1 aliphatic rings. The van der Waals surface area contributed by atoms with Crippen LogP contribution in [0, 0.1) is 0 Å². The van der Waals surface area contributed by atoms with Gasteiger partial charge in [-0.15, -0.1) is 0 Å². The van der Waals surface area contributed by atoms with Crippen LogP contribution in [0.3, 0.4) is 0 Å². The average molecular weight is 198 g/mol. The summed E-state index contributed by atoms with van der Waals surface area (Å²) >= 11 is 0. The van der Waals surface area contributed by atoms with Gasteiger partial charge in [-0.2, -0.15) is 0 Å². The van der Waals surface area contributed by atoms with Crippen molar-refractivity contribution in [3.05, 3.63) is 0 Å². The third kappa shape index (κ3) is 4.97. The Hall–Kier alpha value is -0.0800. The van der Waals surface area contributed by atoms with Gasteiger partial charge in [-0.3, -0.25) is 0 Å². The molecule has 1 atom stereocenters. The fourth-order valence-corrected chi connectivity index (χ4v) is 2.05. The van der Waals surface area contributed by atoms with Gasteiger partial charge in [0.05, 0.1) is 0 Å². The van der Waals surface area contributed by atoms with Gasteiger partial charge in [-0.25, -0.2) is 0 Å². The van der Waals surface area contributed by atoms with E-state index in [1.54, 1.807) is 0 Å². The Bertz CT molecular complexity index is 130. The van der Waals surface area contributed by atoms with Crippen LogP contribution in [-0.2, 0) is 0 Å².